The Labute approximate surface area is 124 Å². The monoisotopic (exact) mass is 321 g/mol. The standard InChI is InChI=1S/C13H7ClF3NO.ClH/c14-12(19)9-5-3-8(4-6-9)11-10(13(15,16)17)2-1-7-18-11;/h1-7H;1H. The lowest BCUT2D eigenvalue weighted by molar-refractivity contribution is -0.137. The van der Waals surface area contributed by atoms with E-state index in [4.69, 9.17) is 11.6 Å². The Kier molecular flexibility index (Phi) is 5.14. The quantitative estimate of drug-likeness (QED) is 0.758. The van der Waals surface area contributed by atoms with Crippen molar-refractivity contribution in [3.05, 3.63) is 53.7 Å². The number of hydrogen-bond donors (Lipinski definition) is 0. The zero-order valence-corrected chi connectivity index (χ0v) is 11.4. The van der Waals surface area contributed by atoms with E-state index in [1.54, 1.807) is 0 Å². The second-order valence-corrected chi connectivity index (χ2v) is 4.09. The van der Waals surface area contributed by atoms with Gasteiger partial charge in [0.1, 0.15) is 0 Å². The van der Waals surface area contributed by atoms with Crippen LogP contribution in [0.15, 0.2) is 42.6 Å². The normalized spacial score (nSPS) is 10.8. The van der Waals surface area contributed by atoms with E-state index in [-0.39, 0.29) is 29.2 Å². The molecule has 1 aromatic carbocycles. The average molecular weight is 322 g/mol. The molecule has 106 valence electrons. The number of benzene rings is 1. The van der Waals surface area contributed by atoms with Crippen molar-refractivity contribution in [1.82, 2.24) is 4.98 Å². The summed E-state index contributed by atoms with van der Waals surface area (Å²) in [6, 6.07) is 7.67. The largest absolute Gasteiger partial charge is 0.418 e. The van der Waals surface area contributed by atoms with Crippen molar-refractivity contribution in [3.8, 4) is 11.3 Å². The predicted molar refractivity (Wildman–Crippen MR) is 72.1 cm³/mol. The highest BCUT2D eigenvalue weighted by atomic mass is 35.5. The molecule has 0 radical (unpaired) electrons. The van der Waals surface area contributed by atoms with Gasteiger partial charge in [-0.1, -0.05) is 12.1 Å². The van der Waals surface area contributed by atoms with Gasteiger partial charge in [-0.2, -0.15) is 13.2 Å². The first-order valence-electron chi connectivity index (χ1n) is 5.22. The van der Waals surface area contributed by atoms with Crippen molar-refractivity contribution >= 4 is 29.3 Å². The second-order valence-electron chi connectivity index (χ2n) is 3.75. The molecule has 0 saturated heterocycles. The fourth-order valence-corrected chi connectivity index (χ4v) is 1.75. The molecular weight excluding hydrogens is 314 g/mol. The molecule has 0 spiro atoms. The molecule has 0 bridgehead atoms. The minimum atomic E-state index is -4.48. The van der Waals surface area contributed by atoms with Crippen molar-refractivity contribution in [1.29, 1.82) is 0 Å². The molecule has 2 nitrogen and oxygen atoms in total. The molecule has 1 heterocycles. The van der Waals surface area contributed by atoms with Crippen molar-refractivity contribution < 1.29 is 18.0 Å². The molecule has 0 N–H and O–H groups in total. The van der Waals surface area contributed by atoms with E-state index >= 15 is 0 Å². The molecule has 0 aliphatic heterocycles. The zero-order valence-electron chi connectivity index (χ0n) is 9.82. The van der Waals surface area contributed by atoms with Crippen molar-refractivity contribution in [2.45, 2.75) is 6.18 Å². The third kappa shape index (κ3) is 3.49. The highest BCUT2D eigenvalue weighted by Gasteiger charge is 2.34. The minimum Gasteiger partial charge on any atom is -0.276 e. The fourth-order valence-electron chi connectivity index (χ4n) is 1.62. The summed E-state index contributed by atoms with van der Waals surface area (Å²) in [4.78, 5) is 14.6. The lowest BCUT2D eigenvalue weighted by Crippen LogP contribution is -2.08. The first-order chi connectivity index (χ1) is 8.89. The van der Waals surface area contributed by atoms with E-state index in [1.807, 2.05) is 0 Å². The van der Waals surface area contributed by atoms with Gasteiger partial charge in [0.05, 0.1) is 11.3 Å². The maximum absolute atomic E-state index is 12.8. The summed E-state index contributed by atoms with van der Waals surface area (Å²) in [6.07, 6.45) is -3.20. The van der Waals surface area contributed by atoms with Crippen LogP contribution in [0.2, 0.25) is 0 Å². The van der Waals surface area contributed by atoms with E-state index in [9.17, 15) is 18.0 Å². The van der Waals surface area contributed by atoms with E-state index in [1.165, 1.54) is 36.5 Å². The number of alkyl halides is 3. The Morgan fingerprint density at radius 1 is 1.10 bits per heavy atom. The molecule has 20 heavy (non-hydrogen) atoms. The van der Waals surface area contributed by atoms with Crippen molar-refractivity contribution in [2.24, 2.45) is 0 Å². The maximum Gasteiger partial charge on any atom is 0.418 e. The molecule has 0 unspecified atom stereocenters. The molecule has 2 rings (SSSR count). The Balaban J connectivity index is 0.00000200. The van der Waals surface area contributed by atoms with Gasteiger partial charge in [-0.15, -0.1) is 12.4 Å². The number of halogens is 5. The molecule has 0 amide bonds. The molecule has 0 saturated carbocycles. The Bertz CT molecular complexity index is 612. The number of hydrogen-bond acceptors (Lipinski definition) is 2. The Morgan fingerprint density at radius 2 is 1.70 bits per heavy atom. The molecule has 0 aliphatic carbocycles. The summed E-state index contributed by atoms with van der Waals surface area (Å²) in [5, 5.41) is -0.663. The third-order valence-electron chi connectivity index (χ3n) is 2.50. The van der Waals surface area contributed by atoms with E-state index in [2.05, 4.69) is 4.98 Å². The number of nitrogens with zero attached hydrogens (tertiary/aromatic N) is 1. The molecule has 0 fully saturated rings. The summed E-state index contributed by atoms with van der Waals surface area (Å²) in [6.45, 7) is 0. The Hall–Kier alpha value is -1.59. The molecule has 0 atom stereocenters. The smallest absolute Gasteiger partial charge is 0.276 e. The lowest BCUT2D eigenvalue weighted by atomic mass is 10.0. The van der Waals surface area contributed by atoms with Crippen LogP contribution in [0, 0.1) is 0 Å². The van der Waals surface area contributed by atoms with Gasteiger partial charge < -0.3 is 0 Å². The van der Waals surface area contributed by atoms with Crippen LogP contribution in [0.1, 0.15) is 15.9 Å². The molecule has 2 aromatic rings. The summed E-state index contributed by atoms with van der Waals surface area (Å²) in [7, 11) is 0. The summed E-state index contributed by atoms with van der Waals surface area (Å²) in [5.41, 5.74) is -0.506. The van der Waals surface area contributed by atoms with Crippen LogP contribution >= 0.6 is 24.0 Å². The topological polar surface area (TPSA) is 30.0 Å². The molecule has 1 aromatic heterocycles. The summed E-state index contributed by atoms with van der Waals surface area (Å²) in [5.74, 6) is 0. The predicted octanol–water partition coefficient (Wildman–Crippen LogP) is 4.57. The van der Waals surface area contributed by atoms with Gasteiger partial charge in [0, 0.05) is 17.3 Å². The Morgan fingerprint density at radius 3 is 2.20 bits per heavy atom. The molecular formula is C13H8Cl2F3NO. The van der Waals surface area contributed by atoms with Gasteiger partial charge in [-0.05, 0) is 35.9 Å². The highest BCUT2D eigenvalue weighted by molar-refractivity contribution is 6.67. The summed E-state index contributed by atoms with van der Waals surface area (Å²) < 4.78 is 38.5. The second kappa shape index (κ2) is 6.24. The minimum absolute atomic E-state index is 0. The van der Waals surface area contributed by atoms with E-state index in [0.717, 1.165) is 6.07 Å². The van der Waals surface area contributed by atoms with Gasteiger partial charge in [0.25, 0.3) is 5.24 Å². The van der Waals surface area contributed by atoms with Gasteiger partial charge in [0.15, 0.2) is 0 Å². The van der Waals surface area contributed by atoms with Crippen LogP contribution in [0.5, 0.6) is 0 Å². The van der Waals surface area contributed by atoms with E-state index < -0.39 is 17.0 Å². The number of carbonyl (C=O) groups is 1. The van der Waals surface area contributed by atoms with Crippen LogP contribution in [0.3, 0.4) is 0 Å². The van der Waals surface area contributed by atoms with Gasteiger partial charge in [0.2, 0.25) is 0 Å². The fraction of sp³-hybridized carbons (Fsp3) is 0.0769. The average Bonchev–Trinajstić information content (AvgIpc) is 2.38. The lowest BCUT2D eigenvalue weighted by Gasteiger charge is -2.11. The van der Waals surface area contributed by atoms with Gasteiger partial charge >= 0.3 is 6.18 Å². The first-order valence-corrected chi connectivity index (χ1v) is 5.60. The van der Waals surface area contributed by atoms with Crippen LogP contribution in [0.25, 0.3) is 11.3 Å². The van der Waals surface area contributed by atoms with Gasteiger partial charge in [-0.25, -0.2) is 0 Å². The van der Waals surface area contributed by atoms with Gasteiger partial charge in [-0.3, -0.25) is 9.78 Å². The number of carbonyl (C=O) groups excluding carboxylic acids is 1. The SMILES string of the molecule is Cl.O=C(Cl)c1ccc(-c2ncccc2C(F)(F)F)cc1. The third-order valence-corrected chi connectivity index (χ3v) is 2.72. The number of pyridine rings is 1. The summed E-state index contributed by atoms with van der Waals surface area (Å²) >= 11 is 5.27. The highest BCUT2D eigenvalue weighted by Crippen LogP contribution is 2.35. The first kappa shape index (κ1) is 16.5. The van der Waals surface area contributed by atoms with Crippen LogP contribution in [0.4, 0.5) is 13.2 Å². The van der Waals surface area contributed by atoms with Crippen LogP contribution in [-0.2, 0) is 6.18 Å². The molecule has 0 aliphatic rings. The van der Waals surface area contributed by atoms with E-state index in [0.29, 0.717) is 0 Å². The number of aromatic nitrogens is 1. The van der Waals surface area contributed by atoms with Crippen LogP contribution < -0.4 is 0 Å². The number of rotatable bonds is 2. The van der Waals surface area contributed by atoms with Crippen LogP contribution in [-0.4, -0.2) is 10.2 Å². The zero-order chi connectivity index (χ0) is 14.0. The van der Waals surface area contributed by atoms with Crippen molar-refractivity contribution in [2.75, 3.05) is 0 Å². The molecule has 7 heteroatoms. The van der Waals surface area contributed by atoms with Crippen molar-refractivity contribution in [3.63, 3.8) is 0 Å². The maximum atomic E-state index is 12.8.